The summed E-state index contributed by atoms with van der Waals surface area (Å²) >= 11 is 0. The summed E-state index contributed by atoms with van der Waals surface area (Å²) in [5.41, 5.74) is 1.11. The molecule has 27 heavy (non-hydrogen) atoms. The van der Waals surface area contributed by atoms with E-state index >= 15 is 0 Å². The van der Waals surface area contributed by atoms with E-state index in [9.17, 15) is 4.79 Å². The van der Waals surface area contributed by atoms with Gasteiger partial charge in [0.1, 0.15) is 5.82 Å². The molecule has 1 amide bonds. The van der Waals surface area contributed by atoms with E-state index in [1.165, 1.54) is 0 Å². The Kier molecular flexibility index (Phi) is 4.82. The Hall–Kier alpha value is -2.48. The van der Waals surface area contributed by atoms with Gasteiger partial charge in [0.05, 0.1) is 7.11 Å². The molecule has 144 valence electrons. The van der Waals surface area contributed by atoms with Crippen molar-refractivity contribution in [2.75, 3.05) is 20.2 Å². The quantitative estimate of drug-likeness (QED) is 0.849. The number of fused-ring (bicyclic) bond motifs is 2. The molecule has 0 spiro atoms. The van der Waals surface area contributed by atoms with Crippen molar-refractivity contribution in [3.8, 4) is 5.88 Å². The average Bonchev–Trinajstić information content (AvgIpc) is 3.22. The van der Waals surface area contributed by atoms with Gasteiger partial charge in [-0.3, -0.25) is 9.69 Å². The first kappa shape index (κ1) is 17.9. The van der Waals surface area contributed by atoms with Crippen LogP contribution in [0.25, 0.3) is 0 Å². The molecule has 2 aliphatic rings. The lowest BCUT2D eigenvalue weighted by atomic mass is 9.89. The maximum atomic E-state index is 12.4. The lowest BCUT2D eigenvalue weighted by molar-refractivity contribution is 0.0924. The Morgan fingerprint density at radius 1 is 1.30 bits per heavy atom. The van der Waals surface area contributed by atoms with Crippen molar-refractivity contribution in [3.63, 3.8) is 0 Å². The van der Waals surface area contributed by atoms with Crippen molar-refractivity contribution < 1.29 is 9.53 Å². The van der Waals surface area contributed by atoms with Gasteiger partial charge >= 0.3 is 0 Å². The minimum absolute atomic E-state index is 0.0817. The number of nitrogens with zero attached hydrogens (tertiary/aromatic N) is 5. The van der Waals surface area contributed by atoms with Crippen molar-refractivity contribution in [3.05, 3.63) is 35.5 Å². The van der Waals surface area contributed by atoms with E-state index in [1.807, 2.05) is 24.5 Å². The van der Waals surface area contributed by atoms with Crippen LogP contribution in [-0.2, 0) is 19.5 Å². The number of amides is 1. The highest BCUT2D eigenvalue weighted by atomic mass is 16.5. The monoisotopic (exact) mass is 370 g/mol. The first-order valence-electron chi connectivity index (χ1n) is 9.48. The topological polar surface area (TPSA) is 85.2 Å². The van der Waals surface area contributed by atoms with Gasteiger partial charge in [0.2, 0.25) is 11.7 Å². The molecule has 4 rings (SSSR count). The van der Waals surface area contributed by atoms with Crippen molar-refractivity contribution in [1.29, 1.82) is 0 Å². The largest absolute Gasteiger partial charge is 0.481 e. The number of carbonyl (C=O) groups is 1. The normalized spacial score (nSPS) is 21.8. The van der Waals surface area contributed by atoms with E-state index in [2.05, 4.69) is 31.5 Å². The van der Waals surface area contributed by atoms with Crippen LogP contribution in [0, 0.1) is 11.8 Å². The Labute approximate surface area is 158 Å². The standard InChI is InChI=1S/C19H26N6O2/c1-12(2)21-18(26)17-23-22-16-7-14-9-24(10-15(14)11-25(16)17)8-13-5-4-6-20-19(13)27-3/h4-6,12,14-15H,7-11H2,1-3H3,(H,21,26)/t14-,15-/m1/s1. The highest BCUT2D eigenvalue weighted by Gasteiger charge is 2.39. The first-order chi connectivity index (χ1) is 13.0. The van der Waals surface area contributed by atoms with Gasteiger partial charge in [0, 0.05) is 50.4 Å². The predicted molar refractivity (Wildman–Crippen MR) is 99.4 cm³/mol. The summed E-state index contributed by atoms with van der Waals surface area (Å²) in [6.45, 7) is 7.53. The van der Waals surface area contributed by atoms with Gasteiger partial charge < -0.3 is 14.6 Å². The minimum atomic E-state index is -0.142. The molecule has 0 bridgehead atoms. The molecule has 1 saturated heterocycles. The van der Waals surface area contributed by atoms with Crippen LogP contribution in [0.3, 0.4) is 0 Å². The van der Waals surface area contributed by atoms with Gasteiger partial charge in [-0.05, 0) is 31.7 Å². The number of carbonyl (C=O) groups excluding carboxylic acids is 1. The van der Waals surface area contributed by atoms with Gasteiger partial charge in [-0.15, -0.1) is 10.2 Å². The second kappa shape index (κ2) is 7.26. The molecule has 0 unspecified atom stereocenters. The third-order valence-electron chi connectivity index (χ3n) is 5.40. The molecule has 0 aromatic carbocycles. The summed E-state index contributed by atoms with van der Waals surface area (Å²) in [6, 6.07) is 4.09. The summed E-state index contributed by atoms with van der Waals surface area (Å²) < 4.78 is 7.39. The second-order valence-corrected chi connectivity index (χ2v) is 7.77. The van der Waals surface area contributed by atoms with Crippen LogP contribution in [0.15, 0.2) is 18.3 Å². The number of pyridine rings is 1. The molecule has 4 heterocycles. The van der Waals surface area contributed by atoms with E-state index in [0.29, 0.717) is 23.5 Å². The number of methoxy groups -OCH3 is 1. The van der Waals surface area contributed by atoms with Gasteiger partial charge in [-0.2, -0.15) is 0 Å². The molecular formula is C19H26N6O2. The van der Waals surface area contributed by atoms with Crippen LogP contribution in [0.2, 0.25) is 0 Å². The highest BCUT2D eigenvalue weighted by molar-refractivity contribution is 5.90. The van der Waals surface area contributed by atoms with Crippen LogP contribution in [-0.4, -0.2) is 56.8 Å². The van der Waals surface area contributed by atoms with Gasteiger partial charge in [-0.1, -0.05) is 6.07 Å². The second-order valence-electron chi connectivity index (χ2n) is 7.77. The zero-order chi connectivity index (χ0) is 19.0. The molecule has 2 atom stereocenters. The van der Waals surface area contributed by atoms with Crippen molar-refractivity contribution in [1.82, 2.24) is 30.0 Å². The maximum Gasteiger partial charge on any atom is 0.289 e. The molecule has 2 aliphatic heterocycles. The van der Waals surface area contributed by atoms with Gasteiger partial charge in [0.25, 0.3) is 5.91 Å². The number of hydrogen-bond acceptors (Lipinski definition) is 6. The number of rotatable bonds is 5. The minimum Gasteiger partial charge on any atom is -0.481 e. The number of likely N-dealkylation sites (tertiary alicyclic amines) is 1. The first-order valence-corrected chi connectivity index (χ1v) is 9.48. The summed E-state index contributed by atoms with van der Waals surface area (Å²) in [7, 11) is 1.66. The Morgan fingerprint density at radius 3 is 2.89 bits per heavy atom. The van der Waals surface area contributed by atoms with E-state index in [-0.39, 0.29) is 11.9 Å². The summed E-state index contributed by atoms with van der Waals surface area (Å²) in [6.07, 6.45) is 2.62. The summed E-state index contributed by atoms with van der Waals surface area (Å²) in [4.78, 5) is 19.1. The van der Waals surface area contributed by atoms with E-state index in [4.69, 9.17) is 4.74 Å². The van der Waals surface area contributed by atoms with Crippen molar-refractivity contribution >= 4 is 5.91 Å². The highest BCUT2D eigenvalue weighted by Crippen LogP contribution is 2.33. The van der Waals surface area contributed by atoms with E-state index in [0.717, 1.165) is 44.0 Å². The lowest BCUT2D eigenvalue weighted by Gasteiger charge is -2.25. The average molecular weight is 370 g/mol. The third-order valence-corrected chi connectivity index (χ3v) is 5.40. The Morgan fingerprint density at radius 2 is 2.11 bits per heavy atom. The fourth-order valence-corrected chi connectivity index (χ4v) is 4.21. The van der Waals surface area contributed by atoms with E-state index < -0.39 is 0 Å². The molecule has 2 aromatic rings. The lowest BCUT2D eigenvalue weighted by Crippen LogP contribution is -2.35. The number of nitrogens with one attached hydrogen (secondary N) is 1. The van der Waals surface area contributed by atoms with Crippen LogP contribution in [0.1, 0.15) is 35.9 Å². The fraction of sp³-hybridized carbons (Fsp3) is 0.579. The molecule has 8 nitrogen and oxygen atoms in total. The molecular weight excluding hydrogens is 344 g/mol. The Bertz CT molecular complexity index is 833. The summed E-state index contributed by atoms with van der Waals surface area (Å²) in [5, 5.41) is 11.4. The molecule has 1 fully saturated rings. The third kappa shape index (κ3) is 3.53. The van der Waals surface area contributed by atoms with Crippen LogP contribution >= 0.6 is 0 Å². The number of aromatic nitrogens is 4. The molecule has 8 heteroatoms. The molecule has 1 N–H and O–H groups in total. The van der Waals surface area contributed by atoms with Gasteiger partial charge in [0.15, 0.2) is 0 Å². The van der Waals surface area contributed by atoms with Crippen LogP contribution < -0.4 is 10.1 Å². The zero-order valence-corrected chi connectivity index (χ0v) is 16.1. The fourth-order valence-electron chi connectivity index (χ4n) is 4.21. The zero-order valence-electron chi connectivity index (χ0n) is 16.1. The van der Waals surface area contributed by atoms with Crippen LogP contribution in [0.5, 0.6) is 5.88 Å². The van der Waals surface area contributed by atoms with Crippen molar-refractivity contribution in [2.45, 2.75) is 39.4 Å². The SMILES string of the molecule is COc1ncccc1CN1C[C@H]2Cc3nnc(C(=O)NC(C)C)n3C[C@H]2C1. The van der Waals surface area contributed by atoms with Crippen molar-refractivity contribution in [2.24, 2.45) is 11.8 Å². The summed E-state index contributed by atoms with van der Waals surface area (Å²) in [5.74, 6) is 2.96. The molecule has 0 saturated carbocycles. The van der Waals surface area contributed by atoms with Crippen LogP contribution in [0.4, 0.5) is 0 Å². The smallest absolute Gasteiger partial charge is 0.289 e. The molecule has 0 aliphatic carbocycles. The molecule has 0 radical (unpaired) electrons. The van der Waals surface area contributed by atoms with E-state index in [1.54, 1.807) is 13.3 Å². The van der Waals surface area contributed by atoms with Gasteiger partial charge in [-0.25, -0.2) is 4.98 Å². The number of hydrogen-bond donors (Lipinski definition) is 1. The Balaban J connectivity index is 1.46. The maximum absolute atomic E-state index is 12.4. The number of ether oxygens (including phenoxy) is 1. The predicted octanol–water partition coefficient (Wildman–Crippen LogP) is 1.12. The molecule has 2 aromatic heterocycles.